The van der Waals surface area contributed by atoms with Crippen molar-refractivity contribution in [1.29, 1.82) is 0 Å². The Labute approximate surface area is 137 Å². The molecule has 1 heterocycles. The highest BCUT2D eigenvalue weighted by Crippen LogP contribution is 2.24. The topological polar surface area (TPSA) is 58.6 Å². The molecule has 23 heavy (non-hydrogen) atoms. The minimum atomic E-state index is -3.09. The number of halogens is 1. The second-order valence-corrected chi connectivity index (χ2v) is 8.11. The van der Waals surface area contributed by atoms with Gasteiger partial charge in [-0.05, 0) is 44.4 Å². The molecule has 0 radical (unpaired) electrons. The third kappa shape index (κ3) is 4.43. The van der Waals surface area contributed by atoms with Crippen molar-refractivity contribution in [3.63, 3.8) is 0 Å². The van der Waals surface area contributed by atoms with Gasteiger partial charge in [0, 0.05) is 25.2 Å². The van der Waals surface area contributed by atoms with E-state index in [4.69, 9.17) is 4.74 Å². The zero-order chi connectivity index (χ0) is 17.0. The number of ether oxygens (including phenoxy) is 1. The van der Waals surface area contributed by atoms with E-state index in [1.54, 1.807) is 23.4 Å². The summed E-state index contributed by atoms with van der Waals surface area (Å²) < 4.78 is 43.8. The van der Waals surface area contributed by atoms with Gasteiger partial charge in [-0.3, -0.25) is 0 Å². The molecule has 1 saturated heterocycles. The van der Waals surface area contributed by atoms with Gasteiger partial charge in [-0.2, -0.15) is 0 Å². The van der Waals surface area contributed by atoms with Gasteiger partial charge in [0.25, 0.3) is 0 Å². The first-order chi connectivity index (χ1) is 10.9. The Hall–Kier alpha value is -1.18. The second kappa shape index (κ2) is 7.59. The number of hydrogen-bond acceptors (Lipinski definition) is 4. The van der Waals surface area contributed by atoms with Gasteiger partial charge in [-0.25, -0.2) is 17.1 Å². The third-order valence-corrected chi connectivity index (χ3v) is 6.25. The summed E-state index contributed by atoms with van der Waals surface area (Å²) in [6.07, 6.45) is 1.56. The van der Waals surface area contributed by atoms with Gasteiger partial charge in [0.1, 0.15) is 0 Å². The molecular weight excluding hydrogens is 319 g/mol. The average Bonchev–Trinajstić information content (AvgIpc) is 2.55. The minimum absolute atomic E-state index is 0.0452. The molecule has 1 aliphatic heterocycles. The lowest BCUT2D eigenvalue weighted by Crippen LogP contribution is -2.45. The summed E-state index contributed by atoms with van der Waals surface area (Å²) in [6, 6.07) is 5.15. The van der Waals surface area contributed by atoms with Crippen LogP contribution in [0.1, 0.15) is 38.3 Å². The van der Waals surface area contributed by atoms with Crippen LogP contribution in [-0.4, -0.2) is 44.7 Å². The Morgan fingerprint density at radius 2 is 2.04 bits per heavy atom. The molecule has 0 saturated carbocycles. The first-order valence-corrected chi connectivity index (χ1v) is 9.55. The van der Waals surface area contributed by atoms with Crippen LogP contribution in [0.5, 0.6) is 5.75 Å². The predicted octanol–water partition coefficient (Wildman–Crippen LogP) is 2.30. The maximum atomic E-state index is 13.5. The standard InChI is InChI=1S/C16H25FN2O3S/c1-4-23(20,21)19-9-7-14(8-10-19)18-12(2)13-5-6-15(17)16(11-13)22-3/h5-6,11-12,14,18H,4,7-10H2,1-3H3/t12-/m0/s1. The normalized spacial score (nSPS) is 18.8. The Bertz CT molecular complexity index is 628. The monoisotopic (exact) mass is 344 g/mol. The van der Waals surface area contributed by atoms with Gasteiger partial charge < -0.3 is 10.1 Å². The number of rotatable bonds is 6. The Balaban J connectivity index is 1.93. The van der Waals surface area contributed by atoms with E-state index >= 15 is 0 Å². The zero-order valence-electron chi connectivity index (χ0n) is 13.9. The highest BCUT2D eigenvalue weighted by molar-refractivity contribution is 7.89. The fourth-order valence-corrected chi connectivity index (χ4v) is 4.01. The first kappa shape index (κ1) is 18.2. The van der Waals surface area contributed by atoms with Crippen LogP contribution in [0.4, 0.5) is 4.39 Å². The van der Waals surface area contributed by atoms with Crippen molar-refractivity contribution < 1.29 is 17.5 Å². The Kier molecular flexibility index (Phi) is 6.00. The van der Waals surface area contributed by atoms with Crippen molar-refractivity contribution in [2.24, 2.45) is 0 Å². The summed E-state index contributed by atoms with van der Waals surface area (Å²) >= 11 is 0. The van der Waals surface area contributed by atoms with Gasteiger partial charge in [0.2, 0.25) is 10.0 Å². The van der Waals surface area contributed by atoms with Crippen molar-refractivity contribution in [2.45, 2.75) is 38.8 Å². The Morgan fingerprint density at radius 1 is 1.39 bits per heavy atom. The van der Waals surface area contributed by atoms with E-state index in [1.807, 2.05) is 6.92 Å². The largest absolute Gasteiger partial charge is 0.494 e. The van der Waals surface area contributed by atoms with Crippen molar-refractivity contribution in [2.75, 3.05) is 26.0 Å². The van der Waals surface area contributed by atoms with E-state index in [0.717, 1.165) is 18.4 Å². The molecule has 1 N–H and O–H groups in total. The lowest BCUT2D eigenvalue weighted by Gasteiger charge is -2.33. The van der Waals surface area contributed by atoms with Crippen molar-refractivity contribution in [1.82, 2.24) is 9.62 Å². The molecule has 0 unspecified atom stereocenters. The van der Waals surface area contributed by atoms with E-state index in [9.17, 15) is 12.8 Å². The average molecular weight is 344 g/mol. The van der Waals surface area contributed by atoms with Crippen LogP contribution in [-0.2, 0) is 10.0 Å². The smallest absolute Gasteiger partial charge is 0.213 e. The van der Waals surface area contributed by atoms with Crippen molar-refractivity contribution in [3.05, 3.63) is 29.6 Å². The molecule has 1 atom stereocenters. The number of benzene rings is 1. The predicted molar refractivity (Wildman–Crippen MR) is 88.6 cm³/mol. The Morgan fingerprint density at radius 3 is 2.61 bits per heavy atom. The first-order valence-electron chi connectivity index (χ1n) is 7.94. The van der Waals surface area contributed by atoms with E-state index in [-0.39, 0.29) is 29.4 Å². The lowest BCUT2D eigenvalue weighted by atomic mass is 10.0. The van der Waals surface area contributed by atoms with Crippen LogP contribution in [0.3, 0.4) is 0 Å². The fraction of sp³-hybridized carbons (Fsp3) is 0.625. The van der Waals surface area contributed by atoms with Crippen molar-refractivity contribution >= 4 is 10.0 Å². The van der Waals surface area contributed by atoms with Crippen LogP contribution < -0.4 is 10.1 Å². The molecule has 1 aromatic carbocycles. The quantitative estimate of drug-likeness (QED) is 0.860. The van der Waals surface area contributed by atoms with Gasteiger partial charge in [0.05, 0.1) is 12.9 Å². The SMILES string of the molecule is CCS(=O)(=O)N1CCC(N[C@@H](C)c2ccc(F)c(OC)c2)CC1. The molecule has 2 rings (SSSR count). The van der Waals surface area contributed by atoms with Crippen molar-refractivity contribution in [3.8, 4) is 5.75 Å². The van der Waals surface area contributed by atoms with Gasteiger partial charge in [0.15, 0.2) is 11.6 Å². The zero-order valence-corrected chi connectivity index (χ0v) is 14.7. The number of piperidine rings is 1. The molecule has 1 fully saturated rings. The number of methoxy groups -OCH3 is 1. The lowest BCUT2D eigenvalue weighted by molar-refractivity contribution is 0.277. The van der Waals surface area contributed by atoms with Gasteiger partial charge >= 0.3 is 0 Å². The van der Waals surface area contributed by atoms with Gasteiger partial charge in [-0.15, -0.1) is 0 Å². The number of nitrogens with zero attached hydrogens (tertiary/aromatic N) is 1. The molecule has 0 aromatic heterocycles. The molecule has 7 heteroatoms. The van der Waals surface area contributed by atoms with Crippen LogP contribution in [0, 0.1) is 5.82 Å². The maximum Gasteiger partial charge on any atom is 0.213 e. The van der Waals surface area contributed by atoms with Crippen LogP contribution in [0.2, 0.25) is 0 Å². The molecular formula is C16H25FN2O3S. The molecule has 130 valence electrons. The highest BCUT2D eigenvalue weighted by Gasteiger charge is 2.27. The minimum Gasteiger partial charge on any atom is -0.494 e. The molecule has 1 aliphatic rings. The maximum absolute atomic E-state index is 13.5. The van der Waals surface area contributed by atoms with E-state index in [2.05, 4.69) is 5.32 Å². The summed E-state index contributed by atoms with van der Waals surface area (Å²) in [6.45, 7) is 4.78. The van der Waals surface area contributed by atoms with E-state index in [0.29, 0.717) is 13.1 Å². The molecule has 0 bridgehead atoms. The molecule has 5 nitrogen and oxygen atoms in total. The summed E-state index contributed by atoms with van der Waals surface area (Å²) in [5.41, 5.74) is 0.951. The highest BCUT2D eigenvalue weighted by atomic mass is 32.2. The van der Waals surface area contributed by atoms with E-state index < -0.39 is 10.0 Å². The summed E-state index contributed by atoms with van der Waals surface area (Å²) in [4.78, 5) is 0. The molecule has 0 spiro atoms. The fourth-order valence-electron chi connectivity index (χ4n) is 2.88. The third-order valence-electron chi connectivity index (χ3n) is 4.37. The summed E-state index contributed by atoms with van der Waals surface area (Å²) in [5.74, 6) is 0.0122. The number of sulfonamides is 1. The molecule has 1 aromatic rings. The van der Waals surface area contributed by atoms with Crippen LogP contribution in [0.25, 0.3) is 0 Å². The van der Waals surface area contributed by atoms with E-state index in [1.165, 1.54) is 13.2 Å². The summed E-state index contributed by atoms with van der Waals surface area (Å²) in [7, 11) is -1.64. The second-order valence-electron chi connectivity index (χ2n) is 5.86. The van der Waals surface area contributed by atoms with Crippen LogP contribution >= 0.6 is 0 Å². The number of hydrogen-bond donors (Lipinski definition) is 1. The molecule has 0 aliphatic carbocycles. The number of nitrogens with one attached hydrogen (secondary N) is 1. The van der Waals surface area contributed by atoms with Gasteiger partial charge in [-0.1, -0.05) is 6.07 Å². The molecule has 0 amide bonds. The summed E-state index contributed by atoms with van der Waals surface area (Å²) in [5, 5.41) is 3.50. The van der Waals surface area contributed by atoms with Crippen LogP contribution in [0.15, 0.2) is 18.2 Å².